The number of rotatable bonds is 4. The number of halogens is 1. The highest BCUT2D eigenvalue weighted by molar-refractivity contribution is 5.85. The Hall–Kier alpha value is -0.320. The standard InChI is InChI=1S/C11H22N2O2.ClH/c1-4-9-6-5-8(2)13(9)11(14)10(7-12)15-3;/h8-10H,4-7,12H2,1-3H3;1H. The van der Waals surface area contributed by atoms with E-state index in [-0.39, 0.29) is 24.9 Å². The van der Waals surface area contributed by atoms with E-state index >= 15 is 0 Å². The summed E-state index contributed by atoms with van der Waals surface area (Å²) in [6, 6.07) is 0.698. The van der Waals surface area contributed by atoms with Gasteiger partial charge in [0.25, 0.3) is 5.91 Å². The van der Waals surface area contributed by atoms with Crippen molar-refractivity contribution in [2.75, 3.05) is 13.7 Å². The molecule has 0 bridgehead atoms. The highest BCUT2D eigenvalue weighted by Crippen LogP contribution is 2.26. The molecular formula is C11H23ClN2O2. The molecule has 1 heterocycles. The van der Waals surface area contributed by atoms with Gasteiger partial charge in [0.1, 0.15) is 6.10 Å². The van der Waals surface area contributed by atoms with Gasteiger partial charge in [-0.25, -0.2) is 0 Å². The molecule has 4 nitrogen and oxygen atoms in total. The number of hydrogen-bond acceptors (Lipinski definition) is 3. The molecule has 0 aromatic carbocycles. The molecule has 0 saturated carbocycles. The second kappa shape index (κ2) is 7.09. The summed E-state index contributed by atoms with van der Waals surface area (Å²) >= 11 is 0. The highest BCUT2D eigenvalue weighted by Gasteiger charge is 2.36. The zero-order valence-electron chi connectivity index (χ0n) is 10.3. The lowest BCUT2D eigenvalue weighted by Gasteiger charge is -2.30. The van der Waals surface area contributed by atoms with Crippen molar-refractivity contribution in [3.05, 3.63) is 0 Å². The molecular weight excluding hydrogens is 228 g/mol. The van der Waals surface area contributed by atoms with Gasteiger partial charge in [0.15, 0.2) is 0 Å². The highest BCUT2D eigenvalue weighted by atomic mass is 35.5. The van der Waals surface area contributed by atoms with Crippen molar-refractivity contribution in [2.45, 2.75) is 51.3 Å². The monoisotopic (exact) mass is 250 g/mol. The Balaban J connectivity index is 0.00000225. The lowest BCUT2D eigenvalue weighted by atomic mass is 10.1. The fraction of sp³-hybridized carbons (Fsp3) is 0.909. The zero-order chi connectivity index (χ0) is 11.4. The van der Waals surface area contributed by atoms with Crippen LogP contribution in [0.2, 0.25) is 0 Å². The smallest absolute Gasteiger partial charge is 0.253 e. The Morgan fingerprint density at radius 3 is 2.62 bits per heavy atom. The quantitative estimate of drug-likeness (QED) is 0.815. The fourth-order valence-corrected chi connectivity index (χ4v) is 2.33. The van der Waals surface area contributed by atoms with Gasteiger partial charge in [-0.15, -0.1) is 12.4 Å². The maximum Gasteiger partial charge on any atom is 0.253 e. The third-order valence-electron chi connectivity index (χ3n) is 3.29. The van der Waals surface area contributed by atoms with Crippen LogP contribution in [-0.4, -0.2) is 42.6 Å². The van der Waals surface area contributed by atoms with Crippen LogP contribution in [0.1, 0.15) is 33.1 Å². The van der Waals surface area contributed by atoms with Gasteiger partial charge in [-0.3, -0.25) is 4.79 Å². The minimum atomic E-state index is -0.473. The second-order valence-electron chi connectivity index (χ2n) is 4.19. The molecule has 1 saturated heterocycles. The number of carbonyl (C=O) groups excluding carboxylic acids is 1. The fourth-order valence-electron chi connectivity index (χ4n) is 2.33. The van der Waals surface area contributed by atoms with Crippen molar-refractivity contribution in [3.8, 4) is 0 Å². The molecule has 3 atom stereocenters. The molecule has 1 aliphatic rings. The van der Waals surface area contributed by atoms with Crippen molar-refractivity contribution in [1.82, 2.24) is 4.90 Å². The number of carbonyl (C=O) groups is 1. The maximum absolute atomic E-state index is 12.1. The van der Waals surface area contributed by atoms with Gasteiger partial charge < -0.3 is 15.4 Å². The number of amides is 1. The van der Waals surface area contributed by atoms with E-state index in [0.29, 0.717) is 12.1 Å². The van der Waals surface area contributed by atoms with Crippen LogP contribution in [-0.2, 0) is 9.53 Å². The van der Waals surface area contributed by atoms with Gasteiger partial charge in [-0.2, -0.15) is 0 Å². The van der Waals surface area contributed by atoms with Crippen LogP contribution in [0.15, 0.2) is 0 Å². The van der Waals surface area contributed by atoms with Crippen molar-refractivity contribution in [3.63, 3.8) is 0 Å². The summed E-state index contributed by atoms with van der Waals surface area (Å²) < 4.78 is 5.10. The molecule has 0 aliphatic carbocycles. The van der Waals surface area contributed by atoms with Crippen LogP contribution < -0.4 is 5.73 Å². The molecule has 16 heavy (non-hydrogen) atoms. The number of ether oxygens (including phenoxy) is 1. The molecule has 0 aromatic heterocycles. The number of hydrogen-bond donors (Lipinski definition) is 1. The van der Waals surface area contributed by atoms with E-state index in [2.05, 4.69) is 13.8 Å². The van der Waals surface area contributed by atoms with Crippen molar-refractivity contribution >= 4 is 18.3 Å². The Bertz CT molecular complexity index is 222. The van der Waals surface area contributed by atoms with Gasteiger partial charge in [-0.05, 0) is 26.2 Å². The number of likely N-dealkylation sites (tertiary alicyclic amines) is 1. The molecule has 5 heteroatoms. The molecule has 0 aromatic rings. The molecule has 1 amide bonds. The van der Waals surface area contributed by atoms with Gasteiger partial charge >= 0.3 is 0 Å². The third kappa shape index (κ3) is 3.09. The summed E-state index contributed by atoms with van der Waals surface area (Å²) in [5, 5.41) is 0. The van der Waals surface area contributed by atoms with Crippen LogP contribution in [0.5, 0.6) is 0 Å². The normalized spacial score (nSPS) is 26.4. The van der Waals surface area contributed by atoms with Gasteiger partial charge in [0.2, 0.25) is 0 Å². The Morgan fingerprint density at radius 2 is 2.19 bits per heavy atom. The first kappa shape index (κ1) is 15.7. The first-order valence-corrected chi connectivity index (χ1v) is 5.70. The summed E-state index contributed by atoms with van der Waals surface area (Å²) in [5.41, 5.74) is 5.51. The van der Waals surface area contributed by atoms with Gasteiger partial charge in [0, 0.05) is 25.7 Å². The van der Waals surface area contributed by atoms with Crippen molar-refractivity contribution < 1.29 is 9.53 Å². The number of methoxy groups -OCH3 is 1. The van der Waals surface area contributed by atoms with E-state index in [0.717, 1.165) is 19.3 Å². The zero-order valence-corrected chi connectivity index (χ0v) is 11.1. The minimum Gasteiger partial charge on any atom is -0.370 e. The van der Waals surface area contributed by atoms with Crippen molar-refractivity contribution in [2.24, 2.45) is 5.73 Å². The summed E-state index contributed by atoms with van der Waals surface area (Å²) in [7, 11) is 1.54. The van der Waals surface area contributed by atoms with E-state index in [4.69, 9.17) is 10.5 Å². The minimum absolute atomic E-state index is 0. The topological polar surface area (TPSA) is 55.6 Å². The molecule has 1 aliphatic heterocycles. The average Bonchev–Trinajstić information content (AvgIpc) is 2.61. The van der Waals surface area contributed by atoms with Crippen LogP contribution in [0, 0.1) is 0 Å². The second-order valence-corrected chi connectivity index (χ2v) is 4.19. The molecule has 1 rings (SSSR count). The van der Waals surface area contributed by atoms with Gasteiger partial charge in [-0.1, -0.05) is 6.92 Å². The lowest BCUT2D eigenvalue weighted by Crippen LogP contribution is -2.48. The Morgan fingerprint density at radius 1 is 1.56 bits per heavy atom. The van der Waals surface area contributed by atoms with Crippen LogP contribution in [0.4, 0.5) is 0 Å². The molecule has 2 N–H and O–H groups in total. The van der Waals surface area contributed by atoms with E-state index in [1.807, 2.05) is 4.90 Å². The number of nitrogens with two attached hydrogens (primary N) is 1. The van der Waals surface area contributed by atoms with E-state index < -0.39 is 6.10 Å². The van der Waals surface area contributed by atoms with E-state index in [1.165, 1.54) is 7.11 Å². The summed E-state index contributed by atoms with van der Waals surface area (Å²) in [6.45, 7) is 4.47. The van der Waals surface area contributed by atoms with Crippen LogP contribution >= 0.6 is 12.4 Å². The molecule has 0 radical (unpaired) electrons. The van der Waals surface area contributed by atoms with E-state index in [9.17, 15) is 4.79 Å². The lowest BCUT2D eigenvalue weighted by molar-refractivity contribution is -0.144. The number of nitrogens with zero attached hydrogens (tertiary/aromatic N) is 1. The van der Waals surface area contributed by atoms with Crippen LogP contribution in [0.25, 0.3) is 0 Å². The largest absolute Gasteiger partial charge is 0.370 e. The molecule has 1 fully saturated rings. The van der Waals surface area contributed by atoms with Crippen molar-refractivity contribution in [1.29, 1.82) is 0 Å². The molecule has 96 valence electrons. The van der Waals surface area contributed by atoms with Crippen LogP contribution in [0.3, 0.4) is 0 Å². The predicted octanol–water partition coefficient (Wildman–Crippen LogP) is 1.17. The first-order valence-electron chi connectivity index (χ1n) is 5.70. The summed E-state index contributed by atoms with van der Waals surface area (Å²) in [5.74, 6) is 0.0526. The Kier molecular flexibility index (Phi) is 6.95. The van der Waals surface area contributed by atoms with Gasteiger partial charge in [0.05, 0.1) is 0 Å². The summed E-state index contributed by atoms with van der Waals surface area (Å²) in [6.07, 6.45) is 2.73. The molecule has 3 unspecified atom stereocenters. The SMILES string of the molecule is CCC1CCC(C)N1C(=O)C(CN)OC.Cl. The average molecular weight is 251 g/mol. The first-order chi connectivity index (χ1) is 7.15. The predicted molar refractivity (Wildman–Crippen MR) is 66.7 cm³/mol. The molecule has 0 spiro atoms. The maximum atomic E-state index is 12.1. The summed E-state index contributed by atoms with van der Waals surface area (Å²) in [4.78, 5) is 14.1. The third-order valence-corrected chi connectivity index (χ3v) is 3.29. The van der Waals surface area contributed by atoms with E-state index in [1.54, 1.807) is 0 Å². The Labute approximate surface area is 104 Å².